The molecule has 172 valence electrons. The first-order chi connectivity index (χ1) is 16.6. The fraction of sp³-hybridized carbons (Fsp3) is 0.154. The molecule has 0 saturated carbocycles. The highest BCUT2D eigenvalue weighted by Crippen LogP contribution is 2.24. The SMILES string of the molecule is Cc1ccc(-c2nnc(-c3ccc(C(=O)OCC(=O)NCCSc4ccccc4)cc3)o2)cc1. The first-order valence-corrected chi connectivity index (χ1v) is 11.7. The van der Waals surface area contributed by atoms with Gasteiger partial charge in [-0.2, -0.15) is 0 Å². The van der Waals surface area contributed by atoms with Crippen LogP contribution in [0, 0.1) is 6.92 Å². The lowest BCUT2D eigenvalue weighted by atomic mass is 10.1. The number of esters is 1. The molecule has 34 heavy (non-hydrogen) atoms. The van der Waals surface area contributed by atoms with Gasteiger partial charge in [-0.3, -0.25) is 4.79 Å². The van der Waals surface area contributed by atoms with E-state index in [4.69, 9.17) is 9.15 Å². The van der Waals surface area contributed by atoms with Crippen molar-refractivity contribution < 1.29 is 18.7 Å². The largest absolute Gasteiger partial charge is 0.452 e. The summed E-state index contributed by atoms with van der Waals surface area (Å²) in [5.41, 5.74) is 2.98. The van der Waals surface area contributed by atoms with E-state index in [2.05, 4.69) is 15.5 Å². The van der Waals surface area contributed by atoms with Crippen LogP contribution in [0.25, 0.3) is 22.9 Å². The Labute approximate surface area is 201 Å². The molecule has 0 radical (unpaired) electrons. The van der Waals surface area contributed by atoms with Gasteiger partial charge in [0.2, 0.25) is 11.8 Å². The Morgan fingerprint density at radius 1 is 0.882 bits per heavy atom. The van der Waals surface area contributed by atoms with Crippen LogP contribution in [-0.4, -0.2) is 41.0 Å². The van der Waals surface area contributed by atoms with Crippen molar-refractivity contribution in [1.29, 1.82) is 0 Å². The fourth-order valence-corrected chi connectivity index (χ4v) is 3.83. The number of rotatable bonds is 9. The van der Waals surface area contributed by atoms with Gasteiger partial charge in [0.25, 0.3) is 5.91 Å². The molecule has 1 aromatic heterocycles. The maximum absolute atomic E-state index is 12.3. The van der Waals surface area contributed by atoms with E-state index in [0.29, 0.717) is 29.5 Å². The molecule has 4 aromatic rings. The molecule has 8 heteroatoms. The Bertz CT molecular complexity index is 1240. The van der Waals surface area contributed by atoms with Crippen molar-refractivity contribution in [2.75, 3.05) is 18.9 Å². The number of aryl methyl sites for hydroxylation is 1. The molecule has 1 amide bonds. The van der Waals surface area contributed by atoms with Crippen LogP contribution in [0.4, 0.5) is 0 Å². The minimum absolute atomic E-state index is 0.328. The summed E-state index contributed by atoms with van der Waals surface area (Å²) in [7, 11) is 0. The van der Waals surface area contributed by atoms with E-state index in [1.165, 1.54) is 0 Å². The monoisotopic (exact) mass is 473 g/mol. The third-order valence-electron chi connectivity index (χ3n) is 4.86. The standard InChI is InChI=1S/C26H23N3O4S/c1-18-7-9-19(10-8-18)24-28-29-25(33-24)20-11-13-21(14-12-20)26(31)32-17-23(30)27-15-16-34-22-5-3-2-4-6-22/h2-14H,15-17H2,1H3,(H,27,30). The molecule has 4 rings (SSSR count). The Morgan fingerprint density at radius 2 is 1.50 bits per heavy atom. The number of carbonyl (C=O) groups excluding carboxylic acids is 2. The van der Waals surface area contributed by atoms with Gasteiger partial charge in [0.05, 0.1) is 5.56 Å². The lowest BCUT2D eigenvalue weighted by molar-refractivity contribution is -0.124. The first-order valence-electron chi connectivity index (χ1n) is 10.7. The van der Waals surface area contributed by atoms with Crippen molar-refractivity contribution in [1.82, 2.24) is 15.5 Å². The molecule has 0 saturated heterocycles. The maximum Gasteiger partial charge on any atom is 0.338 e. The van der Waals surface area contributed by atoms with Crippen LogP contribution < -0.4 is 5.32 Å². The van der Waals surface area contributed by atoms with Crippen LogP contribution in [0.3, 0.4) is 0 Å². The average molecular weight is 474 g/mol. The second-order valence-corrected chi connectivity index (χ2v) is 8.61. The van der Waals surface area contributed by atoms with E-state index in [-0.39, 0.29) is 12.5 Å². The lowest BCUT2D eigenvalue weighted by Crippen LogP contribution is -2.30. The van der Waals surface area contributed by atoms with Crippen molar-refractivity contribution in [3.05, 3.63) is 90.0 Å². The van der Waals surface area contributed by atoms with E-state index in [1.807, 2.05) is 61.5 Å². The second kappa shape index (κ2) is 11.3. The molecule has 0 aliphatic heterocycles. The van der Waals surface area contributed by atoms with Crippen molar-refractivity contribution in [3.8, 4) is 22.9 Å². The molecule has 0 atom stereocenters. The number of aromatic nitrogens is 2. The molecular weight excluding hydrogens is 450 g/mol. The highest BCUT2D eigenvalue weighted by atomic mass is 32.2. The number of carbonyl (C=O) groups is 2. The number of ether oxygens (including phenoxy) is 1. The molecule has 1 N–H and O–H groups in total. The second-order valence-electron chi connectivity index (χ2n) is 7.44. The number of benzene rings is 3. The van der Waals surface area contributed by atoms with Crippen LogP contribution >= 0.6 is 11.8 Å². The predicted molar refractivity (Wildman–Crippen MR) is 130 cm³/mol. The highest BCUT2D eigenvalue weighted by Gasteiger charge is 2.13. The Kier molecular flexibility index (Phi) is 7.72. The number of hydrogen-bond acceptors (Lipinski definition) is 7. The van der Waals surface area contributed by atoms with Crippen LogP contribution in [0.5, 0.6) is 0 Å². The van der Waals surface area contributed by atoms with E-state index in [9.17, 15) is 9.59 Å². The zero-order chi connectivity index (χ0) is 23.8. The average Bonchev–Trinajstić information content (AvgIpc) is 3.37. The van der Waals surface area contributed by atoms with Crippen LogP contribution in [0.2, 0.25) is 0 Å². The van der Waals surface area contributed by atoms with Crippen molar-refractivity contribution in [3.63, 3.8) is 0 Å². The van der Waals surface area contributed by atoms with Crippen LogP contribution in [0.1, 0.15) is 15.9 Å². The first kappa shape index (κ1) is 23.3. The molecule has 0 spiro atoms. The van der Waals surface area contributed by atoms with Gasteiger partial charge in [-0.1, -0.05) is 35.9 Å². The molecule has 0 unspecified atom stereocenters. The summed E-state index contributed by atoms with van der Waals surface area (Å²) in [6, 6.07) is 24.3. The number of nitrogens with zero attached hydrogens (tertiary/aromatic N) is 2. The summed E-state index contributed by atoms with van der Waals surface area (Å²) >= 11 is 1.64. The Hall–Kier alpha value is -3.91. The zero-order valence-corrected chi connectivity index (χ0v) is 19.4. The van der Waals surface area contributed by atoms with Gasteiger partial charge < -0.3 is 14.5 Å². The smallest absolute Gasteiger partial charge is 0.338 e. The number of nitrogens with one attached hydrogen (secondary N) is 1. The zero-order valence-electron chi connectivity index (χ0n) is 18.6. The van der Waals surface area contributed by atoms with E-state index >= 15 is 0 Å². The molecule has 1 heterocycles. The van der Waals surface area contributed by atoms with Crippen LogP contribution in [-0.2, 0) is 9.53 Å². The van der Waals surface area contributed by atoms with Gasteiger partial charge in [0.1, 0.15) is 0 Å². The molecule has 7 nitrogen and oxygen atoms in total. The minimum Gasteiger partial charge on any atom is -0.452 e. The quantitative estimate of drug-likeness (QED) is 0.212. The summed E-state index contributed by atoms with van der Waals surface area (Å²) in [6.45, 7) is 2.16. The molecule has 0 bridgehead atoms. The number of hydrogen-bond donors (Lipinski definition) is 1. The topological polar surface area (TPSA) is 94.3 Å². The number of amides is 1. The minimum atomic E-state index is -0.578. The predicted octanol–water partition coefficient (Wildman–Crippen LogP) is 4.78. The molecular formula is C26H23N3O4S. The van der Waals surface area contributed by atoms with Crippen molar-refractivity contribution in [2.24, 2.45) is 0 Å². The molecule has 0 aliphatic carbocycles. The normalized spacial score (nSPS) is 10.6. The maximum atomic E-state index is 12.3. The van der Waals surface area contributed by atoms with Gasteiger partial charge in [-0.05, 0) is 55.5 Å². The van der Waals surface area contributed by atoms with Gasteiger partial charge in [-0.25, -0.2) is 4.79 Å². The third kappa shape index (κ3) is 6.32. The van der Waals surface area contributed by atoms with E-state index in [0.717, 1.165) is 21.8 Å². The summed E-state index contributed by atoms with van der Waals surface area (Å²) in [6.07, 6.45) is 0. The summed E-state index contributed by atoms with van der Waals surface area (Å²) in [5.74, 6) is 0.584. The van der Waals surface area contributed by atoms with Crippen LogP contribution in [0.15, 0.2) is 88.2 Å². The number of thioether (sulfide) groups is 1. The lowest BCUT2D eigenvalue weighted by Gasteiger charge is -2.07. The summed E-state index contributed by atoms with van der Waals surface area (Å²) in [5, 5.41) is 10.9. The van der Waals surface area contributed by atoms with Gasteiger partial charge >= 0.3 is 5.97 Å². The van der Waals surface area contributed by atoms with Gasteiger partial charge in [0, 0.05) is 28.3 Å². The molecule has 0 aliphatic rings. The van der Waals surface area contributed by atoms with E-state index in [1.54, 1.807) is 36.0 Å². The summed E-state index contributed by atoms with van der Waals surface area (Å²) in [4.78, 5) is 25.4. The fourth-order valence-electron chi connectivity index (χ4n) is 3.04. The van der Waals surface area contributed by atoms with Crippen molar-refractivity contribution in [2.45, 2.75) is 11.8 Å². The highest BCUT2D eigenvalue weighted by molar-refractivity contribution is 7.99. The van der Waals surface area contributed by atoms with Crippen molar-refractivity contribution >= 4 is 23.6 Å². The molecule has 3 aromatic carbocycles. The van der Waals surface area contributed by atoms with Gasteiger partial charge in [-0.15, -0.1) is 22.0 Å². The molecule has 0 fully saturated rings. The van der Waals surface area contributed by atoms with E-state index < -0.39 is 5.97 Å². The summed E-state index contributed by atoms with van der Waals surface area (Å²) < 4.78 is 10.9. The Morgan fingerprint density at radius 3 is 2.15 bits per heavy atom. The van der Waals surface area contributed by atoms with Gasteiger partial charge in [0.15, 0.2) is 6.61 Å². The Balaban J connectivity index is 1.24. The third-order valence-corrected chi connectivity index (χ3v) is 5.88.